The van der Waals surface area contributed by atoms with Crippen molar-refractivity contribution >= 4 is 28.4 Å². The van der Waals surface area contributed by atoms with Crippen LogP contribution in [0.25, 0.3) is 10.9 Å². The Labute approximate surface area is 193 Å². The van der Waals surface area contributed by atoms with Gasteiger partial charge in [0.1, 0.15) is 5.82 Å². The van der Waals surface area contributed by atoms with Gasteiger partial charge in [0, 0.05) is 27.7 Å². The summed E-state index contributed by atoms with van der Waals surface area (Å²) < 4.78 is 13.9. The van der Waals surface area contributed by atoms with E-state index in [1.807, 2.05) is 6.20 Å². The molecule has 5 rings (SSSR count). The molecule has 2 saturated carbocycles. The molecule has 1 amide bonds. The summed E-state index contributed by atoms with van der Waals surface area (Å²) >= 11 is 5.95. The van der Waals surface area contributed by atoms with Crippen molar-refractivity contribution in [3.05, 3.63) is 76.7 Å². The third-order valence-corrected chi connectivity index (χ3v) is 8.01. The van der Waals surface area contributed by atoms with E-state index < -0.39 is 0 Å². The van der Waals surface area contributed by atoms with Gasteiger partial charge in [-0.25, -0.2) is 4.39 Å². The Bertz CT molecular complexity index is 1150. The zero-order valence-corrected chi connectivity index (χ0v) is 19.2. The molecule has 5 heteroatoms. The molecule has 2 aliphatic rings. The molecule has 2 aliphatic carbocycles. The van der Waals surface area contributed by atoms with Crippen LogP contribution in [0, 0.1) is 23.6 Å². The van der Waals surface area contributed by atoms with Gasteiger partial charge < -0.3 is 5.32 Å². The van der Waals surface area contributed by atoms with Gasteiger partial charge in [0.15, 0.2) is 0 Å². The van der Waals surface area contributed by atoms with E-state index in [9.17, 15) is 9.18 Å². The SMILES string of the molecule is CC(C)(NC(=O)c1ccc(Cl)cc1)C1C[C@H]2CC(c3ccnc4ccc(F)cc34)C[C@H]2C1. The van der Waals surface area contributed by atoms with E-state index in [2.05, 4.69) is 30.2 Å². The summed E-state index contributed by atoms with van der Waals surface area (Å²) in [5.41, 5.74) is 2.46. The van der Waals surface area contributed by atoms with E-state index in [0.29, 0.717) is 34.3 Å². The van der Waals surface area contributed by atoms with Gasteiger partial charge in [-0.3, -0.25) is 9.78 Å². The second kappa shape index (κ2) is 8.15. The lowest BCUT2D eigenvalue weighted by molar-refractivity contribution is 0.0877. The predicted octanol–water partition coefficient (Wildman–Crippen LogP) is 6.76. The summed E-state index contributed by atoms with van der Waals surface area (Å²) in [6.07, 6.45) is 6.33. The zero-order valence-electron chi connectivity index (χ0n) is 18.4. The number of aromatic nitrogens is 1. The number of nitrogens with zero attached hydrogens (tertiary/aromatic N) is 1. The van der Waals surface area contributed by atoms with Gasteiger partial charge in [-0.15, -0.1) is 0 Å². The molecule has 2 fully saturated rings. The Balaban J connectivity index is 1.27. The Morgan fingerprint density at radius 1 is 1.03 bits per heavy atom. The number of amides is 1. The van der Waals surface area contributed by atoms with Gasteiger partial charge >= 0.3 is 0 Å². The quantitative estimate of drug-likeness (QED) is 0.477. The first-order valence-electron chi connectivity index (χ1n) is 11.4. The van der Waals surface area contributed by atoms with Crippen molar-refractivity contribution in [3.8, 4) is 0 Å². The minimum Gasteiger partial charge on any atom is -0.347 e. The normalized spacial score (nSPS) is 25.1. The second-order valence-corrected chi connectivity index (χ2v) is 10.5. The first-order chi connectivity index (χ1) is 15.3. The van der Waals surface area contributed by atoms with Crippen LogP contribution in [0.15, 0.2) is 54.7 Å². The largest absolute Gasteiger partial charge is 0.347 e. The van der Waals surface area contributed by atoms with Crippen molar-refractivity contribution in [3.63, 3.8) is 0 Å². The first-order valence-corrected chi connectivity index (χ1v) is 11.8. The Morgan fingerprint density at radius 2 is 1.72 bits per heavy atom. The highest BCUT2D eigenvalue weighted by atomic mass is 35.5. The zero-order chi connectivity index (χ0) is 22.5. The maximum atomic E-state index is 13.9. The molecule has 1 heterocycles. The maximum Gasteiger partial charge on any atom is 0.251 e. The monoisotopic (exact) mass is 450 g/mol. The number of pyridine rings is 1. The summed E-state index contributed by atoms with van der Waals surface area (Å²) in [6, 6.07) is 14.0. The third kappa shape index (κ3) is 4.01. The highest BCUT2D eigenvalue weighted by Crippen LogP contribution is 2.55. The number of hydrogen-bond acceptors (Lipinski definition) is 2. The van der Waals surface area contributed by atoms with Gasteiger partial charge in [0.2, 0.25) is 0 Å². The Kier molecular flexibility index (Phi) is 5.45. The molecule has 2 aromatic carbocycles. The standard InChI is InChI=1S/C27H28ClFN2O/c1-27(2,31-26(32)16-3-5-21(28)6-4-16)20-13-17-11-19(12-18(17)14-20)23-9-10-30-25-8-7-22(29)15-24(23)25/h3-10,15,17-20H,11-14H2,1-2H3,(H,31,32)/t17-,18+,19?,20?. The molecule has 0 aliphatic heterocycles. The van der Waals surface area contributed by atoms with Gasteiger partial charge in [0.05, 0.1) is 5.52 Å². The molecule has 0 spiro atoms. The summed E-state index contributed by atoms with van der Waals surface area (Å²) in [5, 5.41) is 4.84. The van der Waals surface area contributed by atoms with E-state index >= 15 is 0 Å². The number of nitrogens with one attached hydrogen (secondary N) is 1. The van der Waals surface area contributed by atoms with E-state index in [-0.39, 0.29) is 17.3 Å². The Hall–Kier alpha value is -2.46. The topological polar surface area (TPSA) is 42.0 Å². The minimum atomic E-state index is -0.275. The fraction of sp³-hybridized carbons (Fsp3) is 0.407. The van der Waals surface area contributed by atoms with Gasteiger partial charge in [-0.2, -0.15) is 0 Å². The van der Waals surface area contributed by atoms with Crippen molar-refractivity contribution in [2.75, 3.05) is 0 Å². The first kappa shape index (κ1) is 21.4. The summed E-state index contributed by atoms with van der Waals surface area (Å²) in [5.74, 6) is 1.93. The number of hydrogen-bond donors (Lipinski definition) is 1. The summed E-state index contributed by atoms with van der Waals surface area (Å²) in [7, 11) is 0. The number of benzene rings is 2. The summed E-state index contributed by atoms with van der Waals surface area (Å²) in [4.78, 5) is 17.2. The second-order valence-electron chi connectivity index (χ2n) is 10.1. The average Bonchev–Trinajstić information content (AvgIpc) is 3.33. The van der Waals surface area contributed by atoms with Crippen molar-refractivity contribution in [2.24, 2.45) is 17.8 Å². The van der Waals surface area contributed by atoms with Crippen LogP contribution in [0.3, 0.4) is 0 Å². The van der Waals surface area contributed by atoms with Crippen LogP contribution in [0.1, 0.15) is 61.4 Å². The van der Waals surface area contributed by atoms with Crippen LogP contribution in [0.4, 0.5) is 4.39 Å². The molecule has 1 aromatic heterocycles. The number of fused-ring (bicyclic) bond motifs is 2. The van der Waals surface area contributed by atoms with Crippen molar-refractivity contribution in [2.45, 2.75) is 51.0 Å². The molecule has 4 atom stereocenters. The Morgan fingerprint density at radius 3 is 2.41 bits per heavy atom. The smallest absolute Gasteiger partial charge is 0.251 e. The minimum absolute atomic E-state index is 0.0492. The van der Waals surface area contributed by atoms with Gasteiger partial charge in [-0.1, -0.05) is 11.6 Å². The van der Waals surface area contributed by atoms with Crippen LogP contribution in [0.5, 0.6) is 0 Å². The number of carbonyl (C=O) groups is 1. The lowest BCUT2D eigenvalue weighted by Crippen LogP contribution is -2.48. The lowest BCUT2D eigenvalue weighted by Gasteiger charge is -2.34. The fourth-order valence-corrected chi connectivity index (χ4v) is 6.15. The molecule has 1 N–H and O–H groups in total. The number of rotatable bonds is 4. The van der Waals surface area contributed by atoms with E-state index in [0.717, 1.165) is 36.6 Å². The van der Waals surface area contributed by atoms with E-state index in [1.54, 1.807) is 36.4 Å². The molecule has 166 valence electrons. The lowest BCUT2D eigenvalue weighted by atomic mass is 9.82. The van der Waals surface area contributed by atoms with E-state index in [4.69, 9.17) is 11.6 Å². The van der Waals surface area contributed by atoms with Crippen LogP contribution < -0.4 is 5.32 Å². The van der Waals surface area contributed by atoms with Crippen LogP contribution >= 0.6 is 11.6 Å². The molecule has 0 radical (unpaired) electrons. The van der Waals surface area contributed by atoms with Crippen LogP contribution in [-0.2, 0) is 0 Å². The molecule has 32 heavy (non-hydrogen) atoms. The molecule has 2 unspecified atom stereocenters. The maximum absolute atomic E-state index is 13.9. The highest BCUT2D eigenvalue weighted by molar-refractivity contribution is 6.30. The van der Waals surface area contributed by atoms with Crippen molar-refractivity contribution in [1.29, 1.82) is 0 Å². The van der Waals surface area contributed by atoms with Gasteiger partial charge in [0.25, 0.3) is 5.91 Å². The molecular weight excluding hydrogens is 423 g/mol. The number of carbonyl (C=O) groups excluding carboxylic acids is 1. The summed E-state index contributed by atoms with van der Waals surface area (Å²) in [6.45, 7) is 4.28. The van der Waals surface area contributed by atoms with Crippen molar-refractivity contribution < 1.29 is 9.18 Å². The van der Waals surface area contributed by atoms with Crippen LogP contribution in [-0.4, -0.2) is 16.4 Å². The van der Waals surface area contributed by atoms with Crippen molar-refractivity contribution in [1.82, 2.24) is 10.3 Å². The third-order valence-electron chi connectivity index (χ3n) is 7.76. The predicted molar refractivity (Wildman–Crippen MR) is 126 cm³/mol. The molecule has 0 saturated heterocycles. The molecule has 3 aromatic rings. The highest BCUT2D eigenvalue weighted by Gasteiger charge is 2.47. The molecular formula is C27H28ClFN2O. The molecule has 3 nitrogen and oxygen atoms in total. The van der Waals surface area contributed by atoms with Gasteiger partial charge in [-0.05, 0) is 117 Å². The average molecular weight is 451 g/mol. The fourth-order valence-electron chi connectivity index (χ4n) is 6.02. The molecule has 0 bridgehead atoms. The van der Waals surface area contributed by atoms with E-state index in [1.165, 1.54) is 11.6 Å². The number of halogens is 2. The van der Waals surface area contributed by atoms with Crippen LogP contribution in [0.2, 0.25) is 5.02 Å².